The molecule has 0 saturated heterocycles. The number of nitrogens with zero attached hydrogens (tertiary/aromatic N) is 6. The summed E-state index contributed by atoms with van der Waals surface area (Å²) in [5, 5.41) is 8.13. The van der Waals surface area contributed by atoms with E-state index in [9.17, 15) is 0 Å². The van der Waals surface area contributed by atoms with Crippen molar-refractivity contribution in [1.82, 2.24) is 29.9 Å². The molecule has 6 heterocycles. The Kier molecular flexibility index (Phi) is 11.1. The van der Waals surface area contributed by atoms with Gasteiger partial charge in [0, 0.05) is 65.3 Å². The first-order valence-electron chi connectivity index (χ1n) is 29.1. The highest BCUT2D eigenvalue weighted by molar-refractivity contribution is 6.17. The van der Waals surface area contributed by atoms with Crippen LogP contribution in [-0.4, -0.2) is 29.9 Å². The molecular weight excluding hydrogens is 1080 g/mol. The maximum absolute atomic E-state index is 7.13. The molecular formula is C78H44N6O4. The molecule has 0 N–H and O–H groups in total. The lowest BCUT2D eigenvalue weighted by Crippen LogP contribution is -2.00. The van der Waals surface area contributed by atoms with Gasteiger partial charge in [-0.3, -0.25) is 0 Å². The maximum atomic E-state index is 7.13. The topological polar surface area (TPSA) is 130 Å². The lowest BCUT2D eigenvalue weighted by molar-refractivity contribution is 0.668. The summed E-state index contributed by atoms with van der Waals surface area (Å²) in [6.07, 6.45) is 0. The Hall–Kier alpha value is -12.1. The predicted molar refractivity (Wildman–Crippen MR) is 351 cm³/mol. The lowest BCUT2D eigenvalue weighted by Gasteiger charge is -2.11. The molecule has 18 aromatic rings. The fourth-order valence-electron chi connectivity index (χ4n) is 12.5. The SMILES string of the molecule is c1ccc(-c2nc(-c3ccc(-c4cc(-c5ccc6c(c5)oc5ccccc56)cc5oc6c(-c7nc(-c8ccccc8)nc(-c8ccccc8)n7)cccc6c45)cc3)nc(-c3cccc4c3oc3cc(-c5ccc6oc7ccccc7c6c5)ccc34)n2)cc1. The number of para-hydroxylation sites is 4. The zero-order chi connectivity index (χ0) is 57.8. The number of aromatic nitrogens is 6. The summed E-state index contributed by atoms with van der Waals surface area (Å²) >= 11 is 0. The molecule has 0 aliphatic heterocycles. The van der Waals surface area contributed by atoms with Gasteiger partial charge in [0.25, 0.3) is 0 Å². The standard InChI is InChI=1S/C78H44N6O4/c1-4-16-46(17-5-1)73-79-74(47-18-6-2-7-19-47)83-78(82-73)61-27-15-25-59-70-62(41-53(44-69(70)88-72(59)61)52-35-37-56-54-22-10-12-28-64(54)86-67(56)43-52)45-30-32-49(33-31-45)76-80-75(48-20-8-3-9-21-48)81-77(84-76)60-26-14-24-58-57-38-34-51(42-68(57)87-71(58)60)50-36-39-66-63(40-50)55-23-11-13-29-65(55)85-66/h1-44H. The van der Waals surface area contributed by atoms with E-state index < -0.39 is 0 Å². The van der Waals surface area contributed by atoms with Gasteiger partial charge in [0.2, 0.25) is 0 Å². The number of hydrogen-bond donors (Lipinski definition) is 0. The Morgan fingerprint density at radius 3 is 1.16 bits per heavy atom. The van der Waals surface area contributed by atoms with E-state index in [0.717, 1.165) is 138 Å². The molecule has 12 aromatic carbocycles. The summed E-state index contributed by atoms with van der Waals surface area (Å²) in [5.74, 6) is 3.20. The molecule has 0 saturated carbocycles. The van der Waals surface area contributed by atoms with Gasteiger partial charge in [-0.1, -0.05) is 194 Å². The first kappa shape index (κ1) is 49.3. The van der Waals surface area contributed by atoms with Crippen LogP contribution >= 0.6 is 0 Å². The third-order valence-electron chi connectivity index (χ3n) is 16.8. The first-order valence-corrected chi connectivity index (χ1v) is 29.1. The van der Waals surface area contributed by atoms with E-state index in [1.807, 2.05) is 158 Å². The number of rotatable bonds is 9. The molecule has 10 heteroatoms. The minimum atomic E-state index is 0.497. The lowest BCUT2D eigenvalue weighted by atomic mass is 9.93. The fraction of sp³-hybridized carbons (Fsp3) is 0. The quantitative estimate of drug-likeness (QED) is 0.138. The monoisotopic (exact) mass is 1130 g/mol. The zero-order valence-corrected chi connectivity index (χ0v) is 46.7. The second kappa shape index (κ2) is 19.7. The molecule has 10 nitrogen and oxygen atoms in total. The van der Waals surface area contributed by atoms with Gasteiger partial charge >= 0.3 is 0 Å². The van der Waals surface area contributed by atoms with E-state index in [4.69, 9.17) is 47.6 Å². The third-order valence-corrected chi connectivity index (χ3v) is 16.8. The van der Waals surface area contributed by atoms with Crippen molar-refractivity contribution in [3.05, 3.63) is 267 Å². The molecule has 0 bridgehead atoms. The molecule has 0 unspecified atom stereocenters. The van der Waals surface area contributed by atoms with Crippen molar-refractivity contribution in [2.45, 2.75) is 0 Å². The van der Waals surface area contributed by atoms with E-state index in [-0.39, 0.29) is 0 Å². The number of furan rings is 4. The van der Waals surface area contributed by atoms with Crippen LogP contribution in [0, 0.1) is 0 Å². The van der Waals surface area contributed by atoms with Crippen LogP contribution in [0.4, 0.5) is 0 Å². The van der Waals surface area contributed by atoms with Gasteiger partial charge in [-0.25, -0.2) is 29.9 Å². The molecule has 0 amide bonds. The average molecular weight is 1130 g/mol. The van der Waals surface area contributed by atoms with Gasteiger partial charge in [0.1, 0.15) is 44.7 Å². The Balaban J connectivity index is 0.776. The number of hydrogen-bond acceptors (Lipinski definition) is 10. The largest absolute Gasteiger partial charge is 0.456 e. The summed E-state index contributed by atoms with van der Waals surface area (Å²) in [6, 6.07) is 90.7. The summed E-state index contributed by atoms with van der Waals surface area (Å²) < 4.78 is 26.6. The van der Waals surface area contributed by atoms with Gasteiger partial charge in [-0.2, -0.15) is 0 Å². The van der Waals surface area contributed by atoms with E-state index in [1.54, 1.807) is 0 Å². The van der Waals surface area contributed by atoms with Gasteiger partial charge in [0.05, 0.1) is 11.1 Å². The summed E-state index contributed by atoms with van der Waals surface area (Å²) in [4.78, 5) is 30.9. The Morgan fingerprint density at radius 1 is 0.182 bits per heavy atom. The minimum absolute atomic E-state index is 0.497. The Bertz CT molecular complexity index is 5750. The van der Waals surface area contributed by atoms with Crippen LogP contribution in [0.15, 0.2) is 285 Å². The van der Waals surface area contributed by atoms with Crippen LogP contribution in [0.1, 0.15) is 0 Å². The number of benzene rings is 12. The molecule has 0 atom stereocenters. The van der Waals surface area contributed by atoms with Crippen molar-refractivity contribution >= 4 is 87.8 Å². The molecule has 6 aromatic heterocycles. The minimum Gasteiger partial charge on any atom is -0.456 e. The van der Waals surface area contributed by atoms with E-state index in [1.165, 1.54) is 0 Å². The van der Waals surface area contributed by atoms with Crippen LogP contribution in [0.3, 0.4) is 0 Å². The highest BCUT2D eigenvalue weighted by Gasteiger charge is 2.24. The molecule has 410 valence electrons. The van der Waals surface area contributed by atoms with Crippen molar-refractivity contribution in [2.75, 3.05) is 0 Å². The fourth-order valence-corrected chi connectivity index (χ4v) is 12.5. The van der Waals surface area contributed by atoms with Gasteiger partial charge < -0.3 is 17.7 Å². The van der Waals surface area contributed by atoms with E-state index in [0.29, 0.717) is 51.7 Å². The molecule has 0 radical (unpaired) electrons. The Labute approximate surface area is 501 Å². The molecule has 0 fully saturated rings. The summed E-state index contributed by atoms with van der Waals surface area (Å²) in [7, 11) is 0. The van der Waals surface area contributed by atoms with E-state index >= 15 is 0 Å². The Morgan fingerprint density at radius 2 is 0.557 bits per heavy atom. The zero-order valence-electron chi connectivity index (χ0n) is 46.7. The van der Waals surface area contributed by atoms with Gasteiger partial charge in [-0.05, 0) is 106 Å². The van der Waals surface area contributed by atoms with Crippen molar-refractivity contribution in [3.63, 3.8) is 0 Å². The second-order valence-electron chi connectivity index (χ2n) is 22.1. The second-order valence-corrected chi connectivity index (χ2v) is 22.1. The van der Waals surface area contributed by atoms with Crippen LogP contribution < -0.4 is 0 Å². The van der Waals surface area contributed by atoms with Crippen LogP contribution in [0.2, 0.25) is 0 Å². The van der Waals surface area contributed by atoms with Gasteiger partial charge in [0.15, 0.2) is 34.9 Å². The summed E-state index contributed by atoms with van der Waals surface area (Å²) in [6.45, 7) is 0. The molecule has 0 aliphatic rings. The van der Waals surface area contributed by atoms with E-state index in [2.05, 4.69) is 109 Å². The van der Waals surface area contributed by atoms with Crippen LogP contribution in [0.5, 0.6) is 0 Å². The molecule has 88 heavy (non-hydrogen) atoms. The van der Waals surface area contributed by atoms with Crippen LogP contribution in [0.25, 0.3) is 189 Å². The average Bonchev–Trinajstić information content (AvgIpc) is 3.98. The highest BCUT2D eigenvalue weighted by atomic mass is 16.3. The third kappa shape index (κ3) is 8.19. The summed E-state index contributed by atoms with van der Waals surface area (Å²) in [5.41, 5.74) is 17.1. The van der Waals surface area contributed by atoms with Crippen molar-refractivity contribution < 1.29 is 17.7 Å². The molecule has 0 aliphatic carbocycles. The van der Waals surface area contributed by atoms with Crippen LogP contribution in [-0.2, 0) is 0 Å². The maximum Gasteiger partial charge on any atom is 0.167 e. The highest BCUT2D eigenvalue weighted by Crippen LogP contribution is 2.45. The molecule has 0 spiro atoms. The predicted octanol–water partition coefficient (Wildman–Crippen LogP) is 20.7. The van der Waals surface area contributed by atoms with Gasteiger partial charge in [-0.15, -0.1) is 0 Å². The smallest absolute Gasteiger partial charge is 0.167 e. The normalized spacial score (nSPS) is 11.9. The number of fused-ring (bicyclic) bond motifs is 12. The first-order chi connectivity index (χ1) is 43.5. The van der Waals surface area contributed by atoms with Crippen molar-refractivity contribution in [2.24, 2.45) is 0 Å². The van der Waals surface area contributed by atoms with Crippen molar-refractivity contribution in [1.29, 1.82) is 0 Å². The molecule has 18 rings (SSSR count). The van der Waals surface area contributed by atoms with Crippen molar-refractivity contribution in [3.8, 4) is 102 Å².